The fourth-order valence-corrected chi connectivity index (χ4v) is 7.87. The summed E-state index contributed by atoms with van der Waals surface area (Å²) in [5.74, 6) is -1.81. The lowest BCUT2D eigenvalue weighted by molar-refractivity contribution is -0.144. The number of carbonyl (C=O) groups excluding carboxylic acids is 5. The molecule has 12 nitrogen and oxygen atoms in total. The van der Waals surface area contributed by atoms with E-state index >= 15 is 0 Å². The van der Waals surface area contributed by atoms with Crippen molar-refractivity contribution in [2.75, 3.05) is 39.9 Å². The Bertz CT molecular complexity index is 1650. The van der Waals surface area contributed by atoms with Crippen LogP contribution in [-0.2, 0) is 30.4 Å². The molecular weight excluding hydrogens is 747 g/mol. The fourth-order valence-electron chi connectivity index (χ4n) is 7.87. The van der Waals surface area contributed by atoms with Crippen molar-refractivity contribution in [3.63, 3.8) is 0 Å². The first-order chi connectivity index (χ1) is 28.4. The number of hydrogen-bond donors (Lipinski definition) is 4. The topological polar surface area (TPSA) is 197 Å². The number of nitrogens with zero attached hydrogens (tertiary/aromatic N) is 1. The SMILES string of the molecule is CCCCCCCCCCCCCC(=O)C[C@@H](CCCN)C(=O)N(C)[C@@H]1C(=O)C[C@@H](C)C(=O)N[C@H](C(C)=O)Cc2ccc(OCCN)c(c2)-c2cc1ccc2OCCN. The Hall–Kier alpha value is -4.13. The number of likely N-dealkylation sites (N-methyl/N-ethyl adjacent to an activating group) is 1. The first-order valence-corrected chi connectivity index (χ1v) is 22.2. The molecule has 328 valence electrons. The lowest BCUT2D eigenvalue weighted by Gasteiger charge is -2.32. The molecular formula is C47H73N5O7. The van der Waals surface area contributed by atoms with E-state index in [1.54, 1.807) is 32.2 Å². The van der Waals surface area contributed by atoms with Crippen molar-refractivity contribution in [3.8, 4) is 22.6 Å². The molecule has 0 aromatic heterocycles. The van der Waals surface area contributed by atoms with Crippen LogP contribution in [-0.4, -0.2) is 80.0 Å². The normalized spacial score (nSPS) is 17.4. The summed E-state index contributed by atoms with van der Waals surface area (Å²) in [6.07, 6.45) is 14.5. The summed E-state index contributed by atoms with van der Waals surface area (Å²) in [7, 11) is 1.59. The molecule has 12 heteroatoms. The van der Waals surface area contributed by atoms with Gasteiger partial charge in [0.1, 0.15) is 36.5 Å². The van der Waals surface area contributed by atoms with Gasteiger partial charge in [0.2, 0.25) is 11.8 Å². The third kappa shape index (κ3) is 16.1. The summed E-state index contributed by atoms with van der Waals surface area (Å²) in [6, 6.07) is 8.90. The minimum Gasteiger partial charge on any atom is -0.492 e. The van der Waals surface area contributed by atoms with Crippen molar-refractivity contribution in [1.82, 2.24) is 10.2 Å². The van der Waals surface area contributed by atoms with E-state index in [2.05, 4.69) is 12.2 Å². The van der Waals surface area contributed by atoms with Crippen molar-refractivity contribution in [2.24, 2.45) is 29.0 Å². The molecule has 0 unspecified atom stereocenters. The summed E-state index contributed by atoms with van der Waals surface area (Å²) in [5.41, 5.74) is 20.1. The number of hydrogen-bond acceptors (Lipinski definition) is 10. The molecule has 2 aromatic carbocycles. The molecule has 2 aromatic rings. The third-order valence-electron chi connectivity index (χ3n) is 11.3. The molecule has 0 fully saturated rings. The molecule has 1 heterocycles. The predicted molar refractivity (Wildman–Crippen MR) is 234 cm³/mol. The summed E-state index contributed by atoms with van der Waals surface area (Å²) in [4.78, 5) is 70.2. The molecule has 0 saturated heterocycles. The van der Waals surface area contributed by atoms with Gasteiger partial charge in [-0.15, -0.1) is 0 Å². The van der Waals surface area contributed by atoms with Crippen LogP contribution in [0.15, 0.2) is 36.4 Å². The van der Waals surface area contributed by atoms with Crippen LogP contribution < -0.4 is 32.0 Å². The molecule has 0 radical (unpaired) electrons. The zero-order valence-corrected chi connectivity index (χ0v) is 36.4. The van der Waals surface area contributed by atoms with Crippen LogP contribution in [0.3, 0.4) is 0 Å². The van der Waals surface area contributed by atoms with Crippen LogP contribution in [0.5, 0.6) is 11.5 Å². The van der Waals surface area contributed by atoms with Crippen molar-refractivity contribution in [1.29, 1.82) is 0 Å². The Kier molecular flexibility index (Phi) is 22.4. The van der Waals surface area contributed by atoms with E-state index in [0.29, 0.717) is 54.0 Å². The molecule has 3 rings (SSSR count). The van der Waals surface area contributed by atoms with Gasteiger partial charge < -0.3 is 36.9 Å². The number of amides is 2. The van der Waals surface area contributed by atoms with Gasteiger partial charge in [0.05, 0.1) is 6.04 Å². The van der Waals surface area contributed by atoms with E-state index in [4.69, 9.17) is 26.7 Å². The van der Waals surface area contributed by atoms with Crippen LogP contribution in [0.4, 0.5) is 0 Å². The molecule has 7 N–H and O–H groups in total. The number of benzene rings is 2. The van der Waals surface area contributed by atoms with Crippen LogP contribution in [0.2, 0.25) is 0 Å². The summed E-state index contributed by atoms with van der Waals surface area (Å²) in [5, 5.41) is 2.86. The van der Waals surface area contributed by atoms with Gasteiger partial charge in [-0.3, -0.25) is 24.0 Å². The summed E-state index contributed by atoms with van der Waals surface area (Å²) < 4.78 is 12.2. The van der Waals surface area contributed by atoms with Crippen LogP contribution >= 0.6 is 0 Å². The van der Waals surface area contributed by atoms with Gasteiger partial charge in [0.15, 0.2) is 11.6 Å². The van der Waals surface area contributed by atoms with Gasteiger partial charge in [-0.25, -0.2) is 0 Å². The van der Waals surface area contributed by atoms with E-state index in [9.17, 15) is 24.0 Å². The van der Waals surface area contributed by atoms with Crippen molar-refractivity contribution < 1.29 is 33.4 Å². The maximum absolute atomic E-state index is 14.5. The van der Waals surface area contributed by atoms with Crippen molar-refractivity contribution in [2.45, 2.75) is 142 Å². The predicted octanol–water partition coefficient (Wildman–Crippen LogP) is 6.77. The number of unbranched alkanes of at least 4 members (excludes halogenated alkanes) is 10. The number of nitrogens with one attached hydrogen (secondary N) is 1. The number of rotatable bonds is 26. The maximum atomic E-state index is 14.5. The molecule has 1 aliphatic heterocycles. The van der Waals surface area contributed by atoms with Crippen LogP contribution in [0.1, 0.15) is 141 Å². The quantitative estimate of drug-likeness (QED) is 0.0736. The van der Waals surface area contributed by atoms with Gasteiger partial charge in [-0.1, -0.05) is 90.2 Å². The smallest absolute Gasteiger partial charge is 0.226 e. The number of carbonyl (C=O) groups is 5. The second kappa shape index (κ2) is 26.9. The van der Waals surface area contributed by atoms with E-state index in [0.717, 1.165) is 24.8 Å². The number of ether oxygens (including phenoxy) is 2. The number of ketones is 3. The molecule has 0 saturated carbocycles. The van der Waals surface area contributed by atoms with E-state index < -0.39 is 29.8 Å². The molecule has 4 atom stereocenters. The highest BCUT2D eigenvalue weighted by atomic mass is 16.5. The lowest BCUT2D eigenvalue weighted by atomic mass is 9.88. The highest BCUT2D eigenvalue weighted by molar-refractivity contribution is 5.96. The number of fused-ring (bicyclic) bond motifs is 5. The first kappa shape index (κ1) is 49.2. The Labute approximate surface area is 353 Å². The van der Waals surface area contributed by atoms with E-state index in [1.807, 2.05) is 18.2 Å². The van der Waals surface area contributed by atoms with Gasteiger partial charge in [-0.2, -0.15) is 0 Å². The van der Waals surface area contributed by atoms with Gasteiger partial charge in [-0.05, 0) is 74.5 Å². The molecule has 59 heavy (non-hydrogen) atoms. The monoisotopic (exact) mass is 820 g/mol. The highest BCUT2D eigenvalue weighted by Gasteiger charge is 2.36. The van der Waals surface area contributed by atoms with E-state index in [-0.39, 0.29) is 68.8 Å². The number of nitrogens with two attached hydrogens (primary N) is 3. The number of Topliss-reactive ketones (excluding diaryl/α,β-unsaturated/α-hetero) is 3. The molecule has 0 aliphatic carbocycles. The molecule has 2 amide bonds. The van der Waals surface area contributed by atoms with Gasteiger partial charge >= 0.3 is 0 Å². The van der Waals surface area contributed by atoms with Crippen molar-refractivity contribution >= 4 is 29.2 Å². The maximum Gasteiger partial charge on any atom is 0.226 e. The highest BCUT2D eigenvalue weighted by Crippen LogP contribution is 2.41. The standard InChI is InChI=1S/C47H73N5O7/c1-5-6-7-8-9-10-11-12-13-14-15-18-38(54)31-37(17-16-23-48)47(57)52(4)45-36-20-22-44(59-27-25-50)40(32-36)39-29-35(19-21-43(39)58-26-24-49)30-41(34(3)53)51-46(56)33(2)28-42(45)55/h19-22,29,32-33,37,41,45H,5-18,23-28,30-31,48-50H2,1-4H3,(H,51,56)/t33-,37-,41+,45+/m1/s1. The molecule has 0 spiro atoms. The second-order valence-electron chi connectivity index (χ2n) is 16.3. The summed E-state index contributed by atoms with van der Waals surface area (Å²) in [6.45, 7) is 6.64. The Morgan fingerprint density at radius 2 is 1.36 bits per heavy atom. The average molecular weight is 820 g/mol. The second-order valence-corrected chi connectivity index (χ2v) is 16.3. The van der Waals surface area contributed by atoms with Crippen LogP contribution in [0.25, 0.3) is 11.1 Å². The van der Waals surface area contributed by atoms with Gasteiger partial charge in [0.25, 0.3) is 0 Å². The largest absolute Gasteiger partial charge is 0.492 e. The van der Waals surface area contributed by atoms with E-state index in [1.165, 1.54) is 63.2 Å². The summed E-state index contributed by atoms with van der Waals surface area (Å²) >= 11 is 0. The Morgan fingerprint density at radius 3 is 1.93 bits per heavy atom. The minimum atomic E-state index is -1.11. The zero-order chi connectivity index (χ0) is 43.2. The Morgan fingerprint density at radius 1 is 0.780 bits per heavy atom. The third-order valence-corrected chi connectivity index (χ3v) is 11.3. The molecule has 1 aliphatic rings. The average Bonchev–Trinajstić information content (AvgIpc) is 3.22. The fraction of sp³-hybridized carbons (Fsp3) is 0.638. The zero-order valence-electron chi connectivity index (χ0n) is 36.4. The van der Waals surface area contributed by atoms with Crippen LogP contribution in [0, 0.1) is 11.8 Å². The Balaban J connectivity index is 1.96. The lowest BCUT2D eigenvalue weighted by Crippen LogP contribution is -2.45. The minimum absolute atomic E-state index is 0.0286. The van der Waals surface area contributed by atoms with Gasteiger partial charge in [0, 0.05) is 62.4 Å². The molecule has 4 bridgehead atoms. The first-order valence-electron chi connectivity index (χ1n) is 22.2. The van der Waals surface area contributed by atoms with Crippen molar-refractivity contribution in [3.05, 3.63) is 47.5 Å².